The van der Waals surface area contributed by atoms with Crippen molar-refractivity contribution < 1.29 is 14.1 Å². The van der Waals surface area contributed by atoms with Gasteiger partial charge in [-0.25, -0.2) is 0 Å². The zero-order valence-electron chi connectivity index (χ0n) is 11.0. The molecule has 0 aliphatic carbocycles. The van der Waals surface area contributed by atoms with Crippen LogP contribution >= 0.6 is 0 Å². The Morgan fingerprint density at radius 1 is 1.40 bits per heavy atom. The fourth-order valence-electron chi connectivity index (χ4n) is 1.97. The van der Waals surface area contributed by atoms with Gasteiger partial charge in [-0.3, -0.25) is 4.79 Å². The van der Waals surface area contributed by atoms with Crippen LogP contribution in [0.4, 0.5) is 5.69 Å². The van der Waals surface area contributed by atoms with Gasteiger partial charge >= 0.3 is 0 Å². The molecule has 0 saturated heterocycles. The first-order valence-electron chi connectivity index (χ1n) is 6.26. The van der Waals surface area contributed by atoms with Crippen molar-refractivity contribution in [2.24, 2.45) is 0 Å². The van der Waals surface area contributed by atoms with E-state index in [-0.39, 0.29) is 12.5 Å². The monoisotopic (exact) mass is 274 g/mol. The van der Waals surface area contributed by atoms with E-state index in [0.29, 0.717) is 36.2 Å². The summed E-state index contributed by atoms with van der Waals surface area (Å²) in [6.45, 7) is 2.98. The number of ether oxygens (including phenoxy) is 1. The summed E-state index contributed by atoms with van der Waals surface area (Å²) in [5.74, 6) is 1.73. The van der Waals surface area contributed by atoms with Gasteiger partial charge in [0.25, 0.3) is 5.91 Å². The number of fused-ring (bicyclic) bond motifs is 1. The Labute approximate surface area is 115 Å². The first kappa shape index (κ1) is 12.6. The van der Waals surface area contributed by atoms with Gasteiger partial charge in [0, 0.05) is 6.54 Å². The molecule has 0 fully saturated rings. The van der Waals surface area contributed by atoms with Gasteiger partial charge in [0.05, 0.1) is 12.2 Å². The Balaban J connectivity index is 1.60. The number of nitrogens with one attached hydrogen (secondary N) is 2. The third-order valence-electron chi connectivity index (χ3n) is 2.85. The molecule has 1 aromatic carbocycles. The predicted molar refractivity (Wildman–Crippen MR) is 70.1 cm³/mol. The minimum absolute atomic E-state index is 0.0705. The molecule has 0 radical (unpaired) electrons. The van der Waals surface area contributed by atoms with E-state index in [1.54, 1.807) is 6.92 Å². The number of hydrogen-bond donors (Lipinski definition) is 2. The molecule has 104 valence electrons. The highest BCUT2D eigenvalue weighted by atomic mass is 16.5. The normalized spacial score (nSPS) is 13.6. The van der Waals surface area contributed by atoms with Gasteiger partial charge in [0.1, 0.15) is 5.75 Å². The molecule has 20 heavy (non-hydrogen) atoms. The van der Waals surface area contributed by atoms with E-state index in [4.69, 9.17) is 9.26 Å². The number of hydrogen-bond acceptors (Lipinski definition) is 6. The highest BCUT2D eigenvalue weighted by Crippen LogP contribution is 2.28. The van der Waals surface area contributed by atoms with E-state index in [1.807, 2.05) is 18.2 Å². The minimum atomic E-state index is -0.135. The maximum atomic E-state index is 11.3. The second kappa shape index (κ2) is 5.30. The van der Waals surface area contributed by atoms with Gasteiger partial charge in [-0.15, -0.1) is 0 Å². The van der Waals surface area contributed by atoms with Gasteiger partial charge in [0.15, 0.2) is 12.4 Å². The van der Waals surface area contributed by atoms with Crippen molar-refractivity contribution in [1.29, 1.82) is 0 Å². The number of amides is 1. The molecule has 2 heterocycles. The number of carbonyl (C=O) groups is 1. The highest BCUT2D eigenvalue weighted by Gasteiger charge is 2.15. The van der Waals surface area contributed by atoms with Crippen LogP contribution in [0.3, 0.4) is 0 Å². The molecule has 0 spiro atoms. The molecule has 7 nitrogen and oxygen atoms in total. The van der Waals surface area contributed by atoms with Crippen LogP contribution in [0.15, 0.2) is 22.7 Å². The van der Waals surface area contributed by atoms with E-state index in [0.717, 1.165) is 5.56 Å². The fraction of sp³-hybridized carbons (Fsp3) is 0.308. The number of rotatable bonds is 4. The lowest BCUT2D eigenvalue weighted by molar-refractivity contribution is -0.118. The number of anilines is 1. The van der Waals surface area contributed by atoms with E-state index in [9.17, 15) is 4.79 Å². The Morgan fingerprint density at radius 2 is 2.30 bits per heavy atom. The molecule has 1 aliphatic rings. The molecule has 0 bridgehead atoms. The zero-order valence-corrected chi connectivity index (χ0v) is 11.0. The Hall–Kier alpha value is -2.41. The van der Waals surface area contributed by atoms with Crippen molar-refractivity contribution in [1.82, 2.24) is 15.5 Å². The van der Waals surface area contributed by atoms with Crippen LogP contribution in [0.5, 0.6) is 5.75 Å². The molecule has 2 aromatic rings. The SMILES string of the molecule is Cc1noc(CNCc2ccc3c(c2)NC(=O)CO3)n1. The maximum absolute atomic E-state index is 11.3. The average molecular weight is 274 g/mol. The van der Waals surface area contributed by atoms with Crippen molar-refractivity contribution in [2.75, 3.05) is 11.9 Å². The van der Waals surface area contributed by atoms with Gasteiger partial charge in [-0.2, -0.15) is 4.98 Å². The molecule has 2 N–H and O–H groups in total. The lowest BCUT2D eigenvalue weighted by Crippen LogP contribution is -2.25. The number of aryl methyl sites for hydroxylation is 1. The summed E-state index contributed by atoms with van der Waals surface area (Å²) < 4.78 is 10.3. The number of aromatic nitrogens is 2. The standard InChI is InChI=1S/C13H14N4O3/c1-8-15-13(20-17-8)6-14-5-9-2-3-11-10(4-9)16-12(18)7-19-11/h2-4,14H,5-7H2,1H3,(H,16,18). The van der Waals surface area contributed by atoms with Crippen molar-refractivity contribution in [3.05, 3.63) is 35.5 Å². The van der Waals surface area contributed by atoms with E-state index < -0.39 is 0 Å². The zero-order chi connectivity index (χ0) is 13.9. The van der Waals surface area contributed by atoms with Crippen LogP contribution in [0, 0.1) is 6.92 Å². The molecular weight excluding hydrogens is 260 g/mol. The van der Waals surface area contributed by atoms with Crippen LogP contribution in [-0.4, -0.2) is 22.7 Å². The Bertz CT molecular complexity index is 638. The smallest absolute Gasteiger partial charge is 0.262 e. The summed E-state index contributed by atoms with van der Waals surface area (Å²) in [5, 5.41) is 9.70. The third kappa shape index (κ3) is 2.77. The molecule has 1 aliphatic heterocycles. The second-order valence-corrected chi connectivity index (χ2v) is 4.51. The van der Waals surface area contributed by atoms with Crippen LogP contribution in [0.2, 0.25) is 0 Å². The third-order valence-corrected chi connectivity index (χ3v) is 2.85. The summed E-state index contributed by atoms with van der Waals surface area (Å²) in [4.78, 5) is 15.4. The minimum Gasteiger partial charge on any atom is -0.482 e. The van der Waals surface area contributed by atoms with Crippen molar-refractivity contribution in [3.63, 3.8) is 0 Å². The van der Waals surface area contributed by atoms with Crippen LogP contribution < -0.4 is 15.4 Å². The van der Waals surface area contributed by atoms with Crippen LogP contribution in [0.25, 0.3) is 0 Å². The predicted octanol–water partition coefficient (Wildman–Crippen LogP) is 0.999. The van der Waals surface area contributed by atoms with Crippen molar-refractivity contribution in [3.8, 4) is 5.75 Å². The lowest BCUT2D eigenvalue weighted by Gasteiger charge is -2.18. The summed E-state index contributed by atoms with van der Waals surface area (Å²) in [5.41, 5.74) is 1.74. The van der Waals surface area contributed by atoms with Gasteiger partial charge < -0.3 is 19.9 Å². The topological polar surface area (TPSA) is 89.3 Å². The first-order valence-corrected chi connectivity index (χ1v) is 6.26. The molecule has 3 rings (SSSR count). The van der Waals surface area contributed by atoms with E-state index in [2.05, 4.69) is 20.8 Å². The first-order chi connectivity index (χ1) is 9.70. The summed E-state index contributed by atoms with van der Waals surface area (Å²) in [6, 6.07) is 5.68. The quantitative estimate of drug-likeness (QED) is 0.864. The Morgan fingerprint density at radius 3 is 3.10 bits per heavy atom. The highest BCUT2D eigenvalue weighted by molar-refractivity contribution is 5.95. The number of benzene rings is 1. The molecule has 0 unspecified atom stereocenters. The lowest BCUT2D eigenvalue weighted by atomic mass is 10.1. The largest absolute Gasteiger partial charge is 0.482 e. The molecular formula is C13H14N4O3. The molecule has 1 aromatic heterocycles. The second-order valence-electron chi connectivity index (χ2n) is 4.51. The fourth-order valence-corrected chi connectivity index (χ4v) is 1.97. The van der Waals surface area contributed by atoms with Gasteiger partial charge in [-0.1, -0.05) is 11.2 Å². The van der Waals surface area contributed by atoms with Crippen LogP contribution in [0.1, 0.15) is 17.3 Å². The number of carbonyl (C=O) groups excluding carboxylic acids is 1. The van der Waals surface area contributed by atoms with Crippen molar-refractivity contribution in [2.45, 2.75) is 20.0 Å². The van der Waals surface area contributed by atoms with Crippen LogP contribution in [-0.2, 0) is 17.9 Å². The van der Waals surface area contributed by atoms with Gasteiger partial charge in [-0.05, 0) is 24.6 Å². The Kier molecular flexibility index (Phi) is 3.34. The van der Waals surface area contributed by atoms with Gasteiger partial charge in [0.2, 0.25) is 5.89 Å². The van der Waals surface area contributed by atoms with Crippen molar-refractivity contribution >= 4 is 11.6 Å². The summed E-state index contributed by atoms with van der Waals surface area (Å²) in [7, 11) is 0. The molecule has 0 saturated carbocycles. The summed E-state index contributed by atoms with van der Waals surface area (Å²) in [6.07, 6.45) is 0. The average Bonchev–Trinajstić information content (AvgIpc) is 2.84. The number of nitrogens with zero attached hydrogens (tertiary/aromatic N) is 2. The molecule has 1 amide bonds. The van der Waals surface area contributed by atoms with E-state index >= 15 is 0 Å². The molecule has 7 heteroatoms. The maximum Gasteiger partial charge on any atom is 0.262 e. The molecule has 0 atom stereocenters. The van der Waals surface area contributed by atoms with E-state index in [1.165, 1.54) is 0 Å². The summed E-state index contributed by atoms with van der Waals surface area (Å²) >= 11 is 0.